The Hall–Kier alpha value is -0.900. The Balaban J connectivity index is 2.30. The summed E-state index contributed by atoms with van der Waals surface area (Å²) in [6.07, 6.45) is 0.348. The third kappa shape index (κ3) is 5.17. The second-order valence-corrected chi connectivity index (χ2v) is 5.32. The largest absolute Gasteiger partial charge is 0.391 e. The number of rotatable bonds is 8. The molecular weight excluding hydrogens is 226 g/mol. The Morgan fingerprint density at radius 3 is 2.56 bits per heavy atom. The smallest absolute Gasteiger partial charge is 0.0785 e. The van der Waals surface area contributed by atoms with E-state index in [-0.39, 0.29) is 11.5 Å². The maximum Gasteiger partial charge on any atom is 0.0785 e. The van der Waals surface area contributed by atoms with Gasteiger partial charge in [0.15, 0.2) is 0 Å². The molecule has 0 saturated heterocycles. The number of aliphatic hydroxyl groups is 1. The zero-order valence-electron chi connectivity index (χ0n) is 11.6. The van der Waals surface area contributed by atoms with Gasteiger partial charge in [-0.15, -0.1) is 0 Å². The standard InChI is InChI=1S/C15H25NO2/c1-15(2,13-7-5-4-6-8-13)12-16-10-9-14(17)11-18-3/h4-8,14,16-17H,9-12H2,1-3H3. The van der Waals surface area contributed by atoms with Crippen molar-refractivity contribution in [2.24, 2.45) is 0 Å². The van der Waals surface area contributed by atoms with Crippen molar-refractivity contribution in [2.45, 2.75) is 31.8 Å². The molecule has 1 aromatic rings. The van der Waals surface area contributed by atoms with Gasteiger partial charge in [-0.25, -0.2) is 0 Å². The van der Waals surface area contributed by atoms with Crippen molar-refractivity contribution < 1.29 is 9.84 Å². The van der Waals surface area contributed by atoms with Crippen LogP contribution in [0.5, 0.6) is 0 Å². The Bertz CT molecular complexity index is 325. The Labute approximate surface area is 110 Å². The van der Waals surface area contributed by atoms with Gasteiger partial charge in [-0.3, -0.25) is 0 Å². The van der Waals surface area contributed by atoms with Crippen LogP contribution in [0, 0.1) is 0 Å². The fourth-order valence-corrected chi connectivity index (χ4v) is 1.94. The molecule has 0 fully saturated rings. The average Bonchev–Trinajstić information content (AvgIpc) is 2.36. The predicted octanol–water partition coefficient (Wildman–Crippen LogP) is 1.95. The molecule has 1 aromatic carbocycles. The lowest BCUT2D eigenvalue weighted by Gasteiger charge is -2.26. The van der Waals surface area contributed by atoms with Crippen molar-refractivity contribution in [3.8, 4) is 0 Å². The van der Waals surface area contributed by atoms with Crippen LogP contribution in [-0.4, -0.2) is 38.0 Å². The van der Waals surface area contributed by atoms with Crippen molar-refractivity contribution in [2.75, 3.05) is 26.8 Å². The van der Waals surface area contributed by atoms with Crippen LogP contribution in [-0.2, 0) is 10.2 Å². The predicted molar refractivity (Wildman–Crippen MR) is 74.8 cm³/mol. The zero-order chi connectivity index (χ0) is 13.4. The third-order valence-corrected chi connectivity index (χ3v) is 3.14. The molecule has 102 valence electrons. The molecule has 0 saturated carbocycles. The number of aliphatic hydroxyl groups excluding tert-OH is 1. The molecule has 0 aliphatic heterocycles. The Kier molecular flexibility index (Phi) is 6.33. The van der Waals surface area contributed by atoms with Crippen LogP contribution in [0.2, 0.25) is 0 Å². The van der Waals surface area contributed by atoms with E-state index in [2.05, 4.69) is 43.4 Å². The van der Waals surface area contributed by atoms with Crippen LogP contribution in [0.4, 0.5) is 0 Å². The topological polar surface area (TPSA) is 41.5 Å². The molecule has 3 nitrogen and oxygen atoms in total. The van der Waals surface area contributed by atoms with E-state index in [1.807, 2.05) is 6.07 Å². The minimum Gasteiger partial charge on any atom is -0.391 e. The number of hydrogen-bond donors (Lipinski definition) is 2. The van der Waals surface area contributed by atoms with Gasteiger partial charge in [0.2, 0.25) is 0 Å². The normalized spacial score (nSPS) is 13.6. The molecule has 0 spiro atoms. The minimum atomic E-state index is -0.373. The van der Waals surface area contributed by atoms with Crippen molar-refractivity contribution in [3.05, 3.63) is 35.9 Å². The zero-order valence-corrected chi connectivity index (χ0v) is 11.6. The molecule has 18 heavy (non-hydrogen) atoms. The number of nitrogens with one attached hydrogen (secondary N) is 1. The van der Waals surface area contributed by atoms with E-state index >= 15 is 0 Å². The first-order valence-corrected chi connectivity index (χ1v) is 6.49. The molecule has 0 amide bonds. The van der Waals surface area contributed by atoms with Crippen LogP contribution >= 0.6 is 0 Å². The van der Waals surface area contributed by atoms with Crippen molar-refractivity contribution in [1.82, 2.24) is 5.32 Å². The van der Waals surface area contributed by atoms with E-state index < -0.39 is 0 Å². The molecule has 0 bridgehead atoms. The summed E-state index contributed by atoms with van der Waals surface area (Å²) >= 11 is 0. The molecule has 2 N–H and O–H groups in total. The van der Waals surface area contributed by atoms with Crippen molar-refractivity contribution in [3.63, 3.8) is 0 Å². The summed E-state index contributed by atoms with van der Waals surface area (Å²) in [4.78, 5) is 0. The second kappa shape index (κ2) is 7.52. The van der Waals surface area contributed by atoms with Gasteiger partial charge in [-0.1, -0.05) is 44.2 Å². The summed E-state index contributed by atoms with van der Waals surface area (Å²) in [6, 6.07) is 10.5. The van der Waals surface area contributed by atoms with Gasteiger partial charge in [0.1, 0.15) is 0 Å². The fourth-order valence-electron chi connectivity index (χ4n) is 1.94. The molecule has 1 atom stereocenters. The highest BCUT2D eigenvalue weighted by atomic mass is 16.5. The van der Waals surface area contributed by atoms with Gasteiger partial charge < -0.3 is 15.2 Å². The lowest BCUT2D eigenvalue weighted by molar-refractivity contribution is 0.0593. The molecule has 0 radical (unpaired) electrons. The Morgan fingerprint density at radius 1 is 1.28 bits per heavy atom. The summed E-state index contributed by atoms with van der Waals surface area (Å²) in [5.41, 5.74) is 1.43. The van der Waals surface area contributed by atoms with Crippen LogP contribution < -0.4 is 5.32 Å². The van der Waals surface area contributed by atoms with E-state index in [4.69, 9.17) is 4.74 Å². The summed E-state index contributed by atoms with van der Waals surface area (Å²) in [5.74, 6) is 0. The lowest BCUT2D eigenvalue weighted by Crippen LogP contribution is -2.34. The van der Waals surface area contributed by atoms with E-state index in [1.54, 1.807) is 7.11 Å². The van der Waals surface area contributed by atoms with E-state index in [9.17, 15) is 5.11 Å². The summed E-state index contributed by atoms with van der Waals surface area (Å²) in [6.45, 7) is 6.56. The molecule has 1 rings (SSSR count). The highest BCUT2D eigenvalue weighted by Crippen LogP contribution is 2.21. The van der Waals surface area contributed by atoms with Crippen LogP contribution in [0.15, 0.2) is 30.3 Å². The van der Waals surface area contributed by atoms with Gasteiger partial charge in [0.25, 0.3) is 0 Å². The van der Waals surface area contributed by atoms with E-state index in [0.29, 0.717) is 6.61 Å². The summed E-state index contributed by atoms with van der Waals surface area (Å²) in [5, 5.41) is 12.9. The molecule has 3 heteroatoms. The number of ether oxygens (including phenoxy) is 1. The molecule has 0 aromatic heterocycles. The second-order valence-electron chi connectivity index (χ2n) is 5.32. The van der Waals surface area contributed by atoms with Crippen molar-refractivity contribution >= 4 is 0 Å². The number of hydrogen-bond acceptors (Lipinski definition) is 3. The SMILES string of the molecule is COCC(O)CCNCC(C)(C)c1ccccc1. The van der Waals surface area contributed by atoms with Crippen LogP contribution in [0.25, 0.3) is 0 Å². The summed E-state index contributed by atoms with van der Waals surface area (Å²) in [7, 11) is 1.61. The number of methoxy groups -OCH3 is 1. The highest BCUT2D eigenvalue weighted by Gasteiger charge is 2.19. The van der Waals surface area contributed by atoms with Gasteiger partial charge >= 0.3 is 0 Å². The monoisotopic (exact) mass is 251 g/mol. The maximum atomic E-state index is 9.53. The fraction of sp³-hybridized carbons (Fsp3) is 0.600. The highest BCUT2D eigenvalue weighted by molar-refractivity contribution is 5.23. The first-order valence-electron chi connectivity index (χ1n) is 6.49. The molecular formula is C15H25NO2. The van der Waals surface area contributed by atoms with Crippen molar-refractivity contribution in [1.29, 1.82) is 0 Å². The van der Waals surface area contributed by atoms with Gasteiger partial charge in [-0.2, -0.15) is 0 Å². The lowest BCUT2D eigenvalue weighted by atomic mass is 9.84. The minimum absolute atomic E-state index is 0.105. The first kappa shape index (κ1) is 15.2. The quantitative estimate of drug-likeness (QED) is 0.694. The molecule has 1 unspecified atom stereocenters. The maximum absolute atomic E-state index is 9.53. The molecule has 0 heterocycles. The molecule has 0 aliphatic carbocycles. The third-order valence-electron chi connectivity index (χ3n) is 3.14. The van der Waals surface area contributed by atoms with E-state index in [0.717, 1.165) is 19.5 Å². The summed E-state index contributed by atoms with van der Waals surface area (Å²) < 4.78 is 4.89. The van der Waals surface area contributed by atoms with Gasteiger partial charge in [0.05, 0.1) is 12.7 Å². The van der Waals surface area contributed by atoms with Crippen LogP contribution in [0.1, 0.15) is 25.8 Å². The number of benzene rings is 1. The van der Waals surface area contributed by atoms with Gasteiger partial charge in [-0.05, 0) is 18.5 Å². The Morgan fingerprint density at radius 2 is 1.94 bits per heavy atom. The van der Waals surface area contributed by atoms with E-state index in [1.165, 1.54) is 5.56 Å². The first-order chi connectivity index (χ1) is 8.56. The molecule has 0 aliphatic rings. The average molecular weight is 251 g/mol. The van der Waals surface area contributed by atoms with Crippen LogP contribution in [0.3, 0.4) is 0 Å². The van der Waals surface area contributed by atoms with Gasteiger partial charge in [0, 0.05) is 19.1 Å².